The minimum atomic E-state index is -0.770. The fourth-order valence-electron chi connectivity index (χ4n) is 3.71. The van der Waals surface area contributed by atoms with Gasteiger partial charge in [-0.25, -0.2) is 0 Å². The second-order valence-electron chi connectivity index (χ2n) is 7.36. The molecule has 1 aromatic rings. The number of nitrogens with zero attached hydrogens (tertiary/aromatic N) is 4. The maximum atomic E-state index is 12.7. The van der Waals surface area contributed by atoms with E-state index in [1.54, 1.807) is 11.1 Å². The molecule has 2 saturated heterocycles. The number of hydrogen-bond donors (Lipinski definition) is 1. The maximum absolute atomic E-state index is 12.7. The van der Waals surface area contributed by atoms with Crippen LogP contribution >= 0.6 is 0 Å². The van der Waals surface area contributed by atoms with Crippen molar-refractivity contribution in [1.82, 2.24) is 14.7 Å². The van der Waals surface area contributed by atoms with Crippen molar-refractivity contribution in [2.45, 2.75) is 19.4 Å². The summed E-state index contributed by atoms with van der Waals surface area (Å²) in [7, 11) is 0. The van der Waals surface area contributed by atoms with Crippen LogP contribution in [0.3, 0.4) is 0 Å². The van der Waals surface area contributed by atoms with Crippen molar-refractivity contribution in [2.24, 2.45) is 5.92 Å². The van der Waals surface area contributed by atoms with Crippen LogP contribution < -0.4 is 0 Å². The Bertz CT molecular complexity index is 756. The number of likely N-dealkylation sites (tertiary alicyclic amines) is 1. The summed E-state index contributed by atoms with van der Waals surface area (Å²) in [5.74, 6) is -1.33. The summed E-state index contributed by atoms with van der Waals surface area (Å²) in [6.45, 7) is 4.74. The van der Waals surface area contributed by atoms with Crippen molar-refractivity contribution >= 4 is 11.9 Å². The SMILES string of the molecule is N#C/C(=C/N1CCC(C(=O)O)CC1)C(=O)N1CCN(Cc2ccccc2)CC1. The van der Waals surface area contributed by atoms with Crippen molar-refractivity contribution in [3.63, 3.8) is 0 Å². The van der Waals surface area contributed by atoms with Gasteiger partial charge in [0.25, 0.3) is 5.91 Å². The molecule has 0 bridgehead atoms. The number of amides is 1. The summed E-state index contributed by atoms with van der Waals surface area (Å²) in [5.41, 5.74) is 1.38. The molecule has 2 aliphatic heterocycles. The second-order valence-corrected chi connectivity index (χ2v) is 7.36. The molecule has 0 spiro atoms. The summed E-state index contributed by atoms with van der Waals surface area (Å²) in [6.07, 6.45) is 2.69. The smallest absolute Gasteiger partial charge is 0.306 e. The number of aliphatic carboxylic acids is 1. The quantitative estimate of drug-likeness (QED) is 0.614. The Hall–Kier alpha value is -2.85. The lowest BCUT2D eigenvalue weighted by Gasteiger charge is -2.35. The third kappa shape index (κ3) is 5.11. The van der Waals surface area contributed by atoms with Gasteiger partial charge in [-0.15, -0.1) is 0 Å². The number of carboxylic acids is 1. The van der Waals surface area contributed by atoms with E-state index in [2.05, 4.69) is 17.0 Å². The van der Waals surface area contributed by atoms with Crippen LogP contribution in [0.15, 0.2) is 42.1 Å². The van der Waals surface area contributed by atoms with Crippen LogP contribution in [0.5, 0.6) is 0 Å². The predicted molar refractivity (Wildman–Crippen MR) is 104 cm³/mol. The molecule has 3 rings (SSSR count). The summed E-state index contributed by atoms with van der Waals surface area (Å²) >= 11 is 0. The van der Waals surface area contributed by atoms with Gasteiger partial charge in [-0.1, -0.05) is 30.3 Å². The number of carboxylic acid groups (broad SMARTS) is 1. The van der Waals surface area contributed by atoms with E-state index in [9.17, 15) is 14.9 Å². The van der Waals surface area contributed by atoms with E-state index in [0.717, 1.165) is 19.6 Å². The van der Waals surface area contributed by atoms with Crippen molar-refractivity contribution < 1.29 is 14.7 Å². The Labute approximate surface area is 165 Å². The van der Waals surface area contributed by atoms with Crippen molar-refractivity contribution in [3.8, 4) is 6.07 Å². The molecule has 28 heavy (non-hydrogen) atoms. The molecule has 2 aliphatic rings. The number of carbonyl (C=O) groups is 2. The molecule has 1 aromatic carbocycles. The number of nitriles is 1. The Morgan fingerprint density at radius 1 is 1.07 bits per heavy atom. The molecule has 0 unspecified atom stereocenters. The van der Waals surface area contributed by atoms with Crippen LogP contribution in [-0.2, 0) is 16.1 Å². The molecule has 7 heteroatoms. The van der Waals surface area contributed by atoms with Gasteiger partial charge in [0.1, 0.15) is 11.6 Å². The Kier molecular flexibility index (Phi) is 6.66. The van der Waals surface area contributed by atoms with Crippen molar-refractivity contribution in [3.05, 3.63) is 47.7 Å². The third-order valence-electron chi connectivity index (χ3n) is 5.45. The van der Waals surface area contributed by atoms with Gasteiger partial charge in [-0.05, 0) is 18.4 Å². The Balaban J connectivity index is 1.52. The zero-order chi connectivity index (χ0) is 19.9. The topological polar surface area (TPSA) is 87.9 Å². The standard InChI is InChI=1S/C21H26N4O3/c22-14-19(16-23-8-6-18(7-9-23)21(27)28)20(26)25-12-10-24(11-13-25)15-17-4-2-1-3-5-17/h1-5,16,18H,6-13,15H2,(H,27,28)/b19-16-. The lowest BCUT2D eigenvalue weighted by Crippen LogP contribution is -2.48. The zero-order valence-corrected chi connectivity index (χ0v) is 16.0. The van der Waals surface area contributed by atoms with Crippen LogP contribution in [-0.4, -0.2) is 71.0 Å². The average molecular weight is 382 g/mol. The lowest BCUT2D eigenvalue weighted by atomic mass is 9.97. The summed E-state index contributed by atoms with van der Waals surface area (Å²) < 4.78 is 0. The number of benzene rings is 1. The number of rotatable bonds is 5. The van der Waals surface area contributed by atoms with Crippen LogP contribution in [0.4, 0.5) is 0 Å². The molecule has 2 heterocycles. The number of piperidine rings is 1. The van der Waals surface area contributed by atoms with Gasteiger partial charge in [0.15, 0.2) is 0 Å². The van der Waals surface area contributed by atoms with Crippen LogP contribution in [0.2, 0.25) is 0 Å². The molecule has 0 aliphatic carbocycles. The Morgan fingerprint density at radius 2 is 1.71 bits per heavy atom. The first-order valence-corrected chi connectivity index (χ1v) is 9.71. The van der Waals surface area contributed by atoms with Gasteiger partial charge in [-0.2, -0.15) is 5.26 Å². The van der Waals surface area contributed by atoms with Crippen LogP contribution in [0.1, 0.15) is 18.4 Å². The van der Waals surface area contributed by atoms with E-state index in [4.69, 9.17) is 5.11 Å². The summed E-state index contributed by atoms with van der Waals surface area (Å²) in [6, 6.07) is 12.3. The zero-order valence-electron chi connectivity index (χ0n) is 16.0. The number of hydrogen-bond acceptors (Lipinski definition) is 5. The van der Waals surface area contributed by atoms with Gasteiger partial charge < -0.3 is 14.9 Å². The lowest BCUT2D eigenvalue weighted by molar-refractivity contribution is -0.143. The van der Waals surface area contributed by atoms with Gasteiger partial charge in [0.2, 0.25) is 0 Å². The first-order valence-electron chi connectivity index (χ1n) is 9.71. The summed E-state index contributed by atoms with van der Waals surface area (Å²) in [4.78, 5) is 29.7. The molecule has 1 amide bonds. The predicted octanol–water partition coefficient (Wildman–Crippen LogP) is 1.53. The number of piperazine rings is 1. The average Bonchev–Trinajstić information content (AvgIpc) is 2.73. The van der Waals surface area contributed by atoms with Crippen molar-refractivity contribution in [1.29, 1.82) is 5.26 Å². The van der Waals surface area contributed by atoms with E-state index < -0.39 is 5.97 Å². The third-order valence-corrected chi connectivity index (χ3v) is 5.45. The van der Waals surface area contributed by atoms with Gasteiger partial charge in [-0.3, -0.25) is 14.5 Å². The van der Waals surface area contributed by atoms with Crippen molar-refractivity contribution in [2.75, 3.05) is 39.3 Å². The van der Waals surface area contributed by atoms with E-state index in [1.165, 1.54) is 5.56 Å². The number of carbonyl (C=O) groups excluding carboxylic acids is 1. The highest BCUT2D eigenvalue weighted by Gasteiger charge is 2.26. The maximum Gasteiger partial charge on any atom is 0.306 e. The highest BCUT2D eigenvalue weighted by molar-refractivity contribution is 5.97. The normalized spacial score (nSPS) is 19.3. The minimum absolute atomic E-state index is 0.130. The monoisotopic (exact) mass is 382 g/mol. The highest BCUT2D eigenvalue weighted by Crippen LogP contribution is 2.19. The highest BCUT2D eigenvalue weighted by atomic mass is 16.4. The molecule has 7 nitrogen and oxygen atoms in total. The molecular formula is C21H26N4O3. The fraction of sp³-hybridized carbons (Fsp3) is 0.476. The molecule has 2 fully saturated rings. The fourth-order valence-corrected chi connectivity index (χ4v) is 3.71. The Morgan fingerprint density at radius 3 is 2.29 bits per heavy atom. The van der Waals surface area contributed by atoms with Gasteiger partial charge in [0, 0.05) is 52.0 Å². The first-order chi connectivity index (χ1) is 13.6. The molecule has 0 aromatic heterocycles. The molecule has 0 radical (unpaired) electrons. The first kappa shape index (κ1) is 19.9. The summed E-state index contributed by atoms with van der Waals surface area (Å²) in [5, 5.41) is 18.5. The van der Waals surface area contributed by atoms with E-state index in [0.29, 0.717) is 39.0 Å². The van der Waals surface area contributed by atoms with E-state index in [-0.39, 0.29) is 17.4 Å². The molecule has 148 valence electrons. The van der Waals surface area contributed by atoms with Crippen LogP contribution in [0, 0.1) is 17.2 Å². The van der Waals surface area contributed by atoms with Crippen LogP contribution in [0.25, 0.3) is 0 Å². The van der Waals surface area contributed by atoms with Gasteiger partial charge >= 0.3 is 5.97 Å². The second kappa shape index (κ2) is 9.38. The molecule has 0 atom stereocenters. The molecular weight excluding hydrogens is 356 g/mol. The largest absolute Gasteiger partial charge is 0.481 e. The molecule has 0 saturated carbocycles. The van der Waals surface area contributed by atoms with E-state index >= 15 is 0 Å². The molecule has 1 N–H and O–H groups in total. The van der Waals surface area contributed by atoms with E-state index in [1.807, 2.05) is 29.2 Å². The van der Waals surface area contributed by atoms with Gasteiger partial charge in [0.05, 0.1) is 5.92 Å². The minimum Gasteiger partial charge on any atom is -0.481 e.